The molecular formula is C20H26N2O. The van der Waals surface area contributed by atoms with Crippen molar-refractivity contribution in [2.24, 2.45) is 5.73 Å². The van der Waals surface area contributed by atoms with Gasteiger partial charge in [-0.2, -0.15) is 0 Å². The van der Waals surface area contributed by atoms with Crippen LogP contribution in [0.2, 0.25) is 0 Å². The fraction of sp³-hybridized carbons (Fsp3) is 0.350. The normalized spacial score (nSPS) is 12.7. The molecule has 0 aliphatic carbocycles. The Bertz CT molecular complexity index is 650. The van der Waals surface area contributed by atoms with Crippen LogP contribution in [0.4, 0.5) is 0 Å². The van der Waals surface area contributed by atoms with Gasteiger partial charge in [-0.15, -0.1) is 0 Å². The van der Waals surface area contributed by atoms with Crippen molar-refractivity contribution in [2.45, 2.75) is 45.2 Å². The van der Waals surface area contributed by atoms with E-state index in [1.54, 1.807) is 0 Å². The van der Waals surface area contributed by atoms with Crippen molar-refractivity contribution in [1.29, 1.82) is 0 Å². The number of nitrogens with one attached hydrogen (secondary N) is 1. The van der Waals surface area contributed by atoms with Crippen molar-refractivity contribution in [3.05, 3.63) is 71.3 Å². The van der Waals surface area contributed by atoms with Crippen LogP contribution in [0.5, 0.6) is 0 Å². The number of amides is 1. The first-order chi connectivity index (χ1) is 10.9. The van der Waals surface area contributed by atoms with Crippen molar-refractivity contribution in [1.82, 2.24) is 5.32 Å². The number of aryl methyl sites for hydroxylation is 1. The van der Waals surface area contributed by atoms with Gasteiger partial charge in [0.2, 0.25) is 5.91 Å². The van der Waals surface area contributed by atoms with Crippen LogP contribution in [0.1, 0.15) is 43.0 Å². The smallest absolute Gasteiger partial charge is 0.222 e. The molecule has 0 aromatic heterocycles. The van der Waals surface area contributed by atoms with Crippen LogP contribution in [0.3, 0.4) is 0 Å². The van der Waals surface area contributed by atoms with E-state index in [2.05, 4.69) is 24.4 Å². The molecule has 3 heteroatoms. The molecule has 2 aromatic carbocycles. The predicted molar refractivity (Wildman–Crippen MR) is 95.1 cm³/mol. The van der Waals surface area contributed by atoms with Crippen LogP contribution >= 0.6 is 0 Å². The molecule has 2 rings (SSSR count). The zero-order chi connectivity index (χ0) is 16.9. The van der Waals surface area contributed by atoms with Crippen LogP contribution in [-0.2, 0) is 11.2 Å². The second kappa shape index (κ2) is 7.42. The highest BCUT2D eigenvalue weighted by Gasteiger charge is 2.23. The highest BCUT2D eigenvalue weighted by atomic mass is 16.1. The summed E-state index contributed by atoms with van der Waals surface area (Å²) >= 11 is 0. The molecule has 2 aromatic rings. The minimum atomic E-state index is -0.306. The molecule has 3 N–H and O–H groups in total. The van der Waals surface area contributed by atoms with Gasteiger partial charge < -0.3 is 11.1 Å². The quantitative estimate of drug-likeness (QED) is 0.857. The average molecular weight is 310 g/mol. The minimum Gasteiger partial charge on any atom is -0.351 e. The van der Waals surface area contributed by atoms with Gasteiger partial charge in [-0.25, -0.2) is 0 Å². The van der Waals surface area contributed by atoms with E-state index in [4.69, 9.17) is 5.73 Å². The molecule has 1 unspecified atom stereocenters. The van der Waals surface area contributed by atoms with Crippen LogP contribution in [0.15, 0.2) is 54.6 Å². The Hall–Kier alpha value is -2.13. The summed E-state index contributed by atoms with van der Waals surface area (Å²) in [5, 5.41) is 3.11. The van der Waals surface area contributed by atoms with Gasteiger partial charge in [0.05, 0.1) is 0 Å². The van der Waals surface area contributed by atoms with Crippen LogP contribution in [0.25, 0.3) is 0 Å². The Labute approximate surface area is 138 Å². The van der Waals surface area contributed by atoms with Gasteiger partial charge in [0.15, 0.2) is 0 Å². The first kappa shape index (κ1) is 17.2. The van der Waals surface area contributed by atoms with Gasteiger partial charge in [-0.3, -0.25) is 4.79 Å². The molecule has 0 heterocycles. The highest BCUT2D eigenvalue weighted by Crippen LogP contribution is 2.18. The van der Waals surface area contributed by atoms with Crippen molar-refractivity contribution in [3.63, 3.8) is 0 Å². The molecule has 0 bridgehead atoms. The van der Waals surface area contributed by atoms with E-state index in [0.29, 0.717) is 6.42 Å². The molecule has 0 fully saturated rings. The van der Waals surface area contributed by atoms with E-state index >= 15 is 0 Å². The summed E-state index contributed by atoms with van der Waals surface area (Å²) in [7, 11) is 0. The number of carbonyl (C=O) groups is 1. The Morgan fingerprint density at radius 2 is 1.70 bits per heavy atom. The molecule has 122 valence electrons. The Kier molecular flexibility index (Phi) is 5.56. The lowest BCUT2D eigenvalue weighted by Crippen LogP contribution is -2.46. The average Bonchev–Trinajstić information content (AvgIpc) is 2.49. The van der Waals surface area contributed by atoms with E-state index in [-0.39, 0.29) is 17.5 Å². The molecule has 0 saturated carbocycles. The maximum Gasteiger partial charge on any atom is 0.222 e. The third-order valence-electron chi connectivity index (χ3n) is 4.00. The van der Waals surface area contributed by atoms with Crippen molar-refractivity contribution < 1.29 is 4.79 Å². The van der Waals surface area contributed by atoms with Gasteiger partial charge >= 0.3 is 0 Å². The zero-order valence-corrected chi connectivity index (χ0v) is 14.2. The molecular weight excluding hydrogens is 284 g/mol. The SMILES string of the molecule is Cc1ccccc1CC(C)(C)NC(=O)CC(N)c1ccccc1. The lowest BCUT2D eigenvalue weighted by molar-refractivity contribution is -0.123. The third-order valence-corrected chi connectivity index (χ3v) is 4.00. The van der Waals surface area contributed by atoms with E-state index < -0.39 is 0 Å². The largest absolute Gasteiger partial charge is 0.351 e. The lowest BCUT2D eigenvalue weighted by atomic mass is 9.92. The van der Waals surface area contributed by atoms with Crippen molar-refractivity contribution in [2.75, 3.05) is 0 Å². The summed E-state index contributed by atoms with van der Waals surface area (Å²) in [5.41, 5.74) is 9.31. The fourth-order valence-corrected chi connectivity index (χ4v) is 2.78. The predicted octanol–water partition coefficient (Wildman–Crippen LogP) is 3.52. The van der Waals surface area contributed by atoms with Crippen LogP contribution in [0, 0.1) is 6.92 Å². The molecule has 0 saturated heterocycles. The standard InChI is InChI=1S/C20H26N2O/c1-15-9-7-8-12-17(15)14-20(2,3)22-19(23)13-18(21)16-10-5-4-6-11-16/h4-12,18H,13-14,21H2,1-3H3,(H,22,23). The van der Waals surface area contributed by atoms with Crippen molar-refractivity contribution in [3.8, 4) is 0 Å². The minimum absolute atomic E-state index is 0.0139. The highest BCUT2D eigenvalue weighted by molar-refractivity contribution is 5.77. The third kappa shape index (κ3) is 5.22. The number of hydrogen-bond donors (Lipinski definition) is 2. The molecule has 0 aliphatic heterocycles. The van der Waals surface area contributed by atoms with Crippen LogP contribution < -0.4 is 11.1 Å². The second-order valence-electron chi connectivity index (χ2n) is 6.76. The van der Waals surface area contributed by atoms with Gasteiger partial charge in [0.25, 0.3) is 0 Å². The maximum absolute atomic E-state index is 12.3. The monoisotopic (exact) mass is 310 g/mol. The maximum atomic E-state index is 12.3. The molecule has 0 aliphatic rings. The molecule has 1 amide bonds. The van der Waals surface area contributed by atoms with Crippen LogP contribution in [-0.4, -0.2) is 11.4 Å². The number of rotatable bonds is 6. The van der Waals surface area contributed by atoms with Gasteiger partial charge in [-0.05, 0) is 43.9 Å². The topological polar surface area (TPSA) is 55.1 Å². The molecule has 0 spiro atoms. The van der Waals surface area contributed by atoms with Gasteiger partial charge in [-0.1, -0.05) is 54.6 Å². The van der Waals surface area contributed by atoms with E-state index in [1.807, 2.05) is 56.3 Å². The molecule has 0 radical (unpaired) electrons. The summed E-state index contributed by atoms with van der Waals surface area (Å²) in [5.74, 6) is -0.0139. The lowest BCUT2D eigenvalue weighted by Gasteiger charge is -2.28. The second-order valence-corrected chi connectivity index (χ2v) is 6.76. The summed E-state index contributed by atoms with van der Waals surface area (Å²) in [6, 6.07) is 17.7. The summed E-state index contributed by atoms with van der Waals surface area (Å²) < 4.78 is 0. The summed E-state index contributed by atoms with van der Waals surface area (Å²) in [4.78, 5) is 12.3. The Morgan fingerprint density at radius 3 is 2.35 bits per heavy atom. The Balaban J connectivity index is 1.94. The zero-order valence-electron chi connectivity index (χ0n) is 14.2. The van der Waals surface area contributed by atoms with E-state index in [9.17, 15) is 4.79 Å². The fourth-order valence-electron chi connectivity index (χ4n) is 2.78. The van der Waals surface area contributed by atoms with E-state index in [1.165, 1.54) is 11.1 Å². The Morgan fingerprint density at radius 1 is 1.09 bits per heavy atom. The van der Waals surface area contributed by atoms with Gasteiger partial charge in [0.1, 0.15) is 0 Å². The summed E-state index contributed by atoms with van der Waals surface area (Å²) in [6.45, 7) is 6.19. The van der Waals surface area contributed by atoms with Gasteiger partial charge in [0, 0.05) is 18.0 Å². The number of nitrogens with two attached hydrogens (primary N) is 1. The molecule has 23 heavy (non-hydrogen) atoms. The molecule has 3 nitrogen and oxygen atoms in total. The first-order valence-electron chi connectivity index (χ1n) is 8.03. The number of benzene rings is 2. The number of hydrogen-bond acceptors (Lipinski definition) is 2. The van der Waals surface area contributed by atoms with E-state index in [0.717, 1.165) is 12.0 Å². The number of carbonyl (C=O) groups excluding carboxylic acids is 1. The summed E-state index contributed by atoms with van der Waals surface area (Å²) in [6.07, 6.45) is 1.09. The molecule has 1 atom stereocenters. The van der Waals surface area contributed by atoms with Crippen molar-refractivity contribution >= 4 is 5.91 Å². The first-order valence-corrected chi connectivity index (χ1v) is 8.03.